The maximum atomic E-state index is 14.3. The van der Waals surface area contributed by atoms with E-state index >= 15 is 0 Å². The van der Waals surface area contributed by atoms with E-state index in [-0.39, 0.29) is 5.84 Å². The van der Waals surface area contributed by atoms with Crippen LogP contribution in [0.4, 0.5) is 4.39 Å². The molecule has 2 heterocycles. The Morgan fingerprint density at radius 1 is 1.36 bits per heavy atom. The van der Waals surface area contributed by atoms with Gasteiger partial charge in [0.25, 0.3) is 0 Å². The topological polar surface area (TPSA) is 95.2 Å². The first kappa shape index (κ1) is 13.6. The van der Waals surface area contributed by atoms with Gasteiger partial charge in [-0.1, -0.05) is 30.0 Å². The van der Waals surface area contributed by atoms with E-state index in [1.807, 2.05) is 0 Å². The Hall–Kier alpha value is -2.09. The van der Waals surface area contributed by atoms with Crippen molar-refractivity contribution in [2.75, 3.05) is 12.4 Å². The fourth-order valence-electron chi connectivity index (χ4n) is 3.89. The van der Waals surface area contributed by atoms with Gasteiger partial charge in [0.15, 0.2) is 5.41 Å². The quantitative estimate of drug-likeness (QED) is 0.851. The molecule has 0 aromatic heterocycles. The molecule has 1 aromatic carbocycles. The molecular formula is C15H11FN4OS. The summed E-state index contributed by atoms with van der Waals surface area (Å²) in [4.78, 5) is 4.31. The average Bonchev–Trinajstić information content (AvgIpc) is 2.76. The van der Waals surface area contributed by atoms with Crippen LogP contribution in [0.1, 0.15) is 11.5 Å². The zero-order valence-corrected chi connectivity index (χ0v) is 12.2. The SMILES string of the molecule is N#C[C@@]12[C@H](c3ccccc3F)[C@]1(C#N)C(N)=N[C@@]21OCCS1. The molecule has 2 fully saturated rings. The van der Waals surface area contributed by atoms with Gasteiger partial charge >= 0.3 is 0 Å². The molecule has 0 radical (unpaired) electrons. The molecule has 0 unspecified atom stereocenters. The minimum atomic E-state index is -1.32. The van der Waals surface area contributed by atoms with Gasteiger partial charge in [-0.3, -0.25) is 0 Å². The van der Waals surface area contributed by atoms with Crippen molar-refractivity contribution in [1.29, 1.82) is 10.5 Å². The normalized spacial score (nSPS) is 41.6. The lowest BCUT2D eigenvalue weighted by Crippen LogP contribution is -2.34. The monoisotopic (exact) mass is 314 g/mol. The van der Waals surface area contributed by atoms with Crippen molar-refractivity contribution >= 4 is 17.6 Å². The zero-order valence-electron chi connectivity index (χ0n) is 11.4. The number of rotatable bonds is 1. The van der Waals surface area contributed by atoms with Crippen LogP contribution in [0.15, 0.2) is 29.3 Å². The van der Waals surface area contributed by atoms with Crippen molar-refractivity contribution in [2.45, 2.75) is 11.0 Å². The lowest BCUT2D eigenvalue weighted by atomic mass is 9.95. The first-order chi connectivity index (χ1) is 10.6. The van der Waals surface area contributed by atoms with Crippen LogP contribution >= 0.6 is 11.8 Å². The lowest BCUT2D eigenvalue weighted by Gasteiger charge is -2.26. The molecule has 4 atom stereocenters. The minimum absolute atomic E-state index is 0.0687. The van der Waals surface area contributed by atoms with Crippen molar-refractivity contribution in [3.8, 4) is 12.1 Å². The zero-order chi connectivity index (χ0) is 15.6. The Morgan fingerprint density at radius 2 is 2.14 bits per heavy atom. The Labute approximate surface area is 130 Å². The highest BCUT2D eigenvalue weighted by atomic mass is 32.2. The number of thioether (sulfide) groups is 1. The molecular weight excluding hydrogens is 303 g/mol. The highest BCUT2D eigenvalue weighted by Gasteiger charge is 2.93. The number of aliphatic imine (C=N–C) groups is 1. The van der Waals surface area contributed by atoms with Gasteiger partial charge in [0.2, 0.25) is 5.06 Å². The third-order valence-corrected chi connectivity index (χ3v) is 6.12. The molecule has 0 amide bonds. The lowest BCUT2D eigenvalue weighted by molar-refractivity contribution is 0.0199. The third-order valence-electron chi connectivity index (χ3n) is 4.82. The molecule has 3 aliphatic rings. The van der Waals surface area contributed by atoms with E-state index in [0.29, 0.717) is 17.9 Å². The van der Waals surface area contributed by atoms with Gasteiger partial charge in [-0.15, -0.1) is 0 Å². The number of nitriles is 2. The fraction of sp³-hybridized carbons (Fsp3) is 0.400. The summed E-state index contributed by atoms with van der Waals surface area (Å²) in [5.41, 5.74) is 3.74. The number of benzene rings is 1. The van der Waals surface area contributed by atoms with Crippen LogP contribution in [0.2, 0.25) is 0 Å². The van der Waals surface area contributed by atoms with Crippen molar-refractivity contribution < 1.29 is 9.13 Å². The van der Waals surface area contributed by atoms with Gasteiger partial charge in [0.1, 0.15) is 17.1 Å². The highest BCUT2D eigenvalue weighted by molar-refractivity contribution is 8.00. The Bertz CT molecular complexity index is 791. The van der Waals surface area contributed by atoms with E-state index in [0.717, 1.165) is 0 Å². The van der Waals surface area contributed by atoms with Crippen molar-refractivity contribution in [3.63, 3.8) is 0 Å². The maximum absolute atomic E-state index is 14.3. The molecule has 2 aliphatic heterocycles. The average molecular weight is 314 g/mol. The van der Waals surface area contributed by atoms with Crippen molar-refractivity contribution in [1.82, 2.24) is 0 Å². The first-order valence-electron chi connectivity index (χ1n) is 6.80. The summed E-state index contributed by atoms with van der Waals surface area (Å²) in [5.74, 6) is -0.387. The van der Waals surface area contributed by atoms with E-state index in [1.165, 1.54) is 17.8 Å². The third kappa shape index (κ3) is 1.14. The fourth-order valence-corrected chi connectivity index (χ4v) is 5.22. The van der Waals surface area contributed by atoms with Crippen LogP contribution in [-0.4, -0.2) is 23.3 Å². The number of fused-ring (bicyclic) bond motifs is 2. The summed E-state index contributed by atoms with van der Waals surface area (Å²) >= 11 is 1.36. The van der Waals surface area contributed by atoms with Gasteiger partial charge in [0, 0.05) is 11.7 Å². The Morgan fingerprint density at radius 3 is 2.73 bits per heavy atom. The summed E-state index contributed by atoms with van der Waals surface area (Å²) < 4.78 is 20.0. The molecule has 1 aromatic rings. The second-order valence-corrected chi connectivity index (χ2v) is 6.82. The van der Waals surface area contributed by atoms with E-state index in [1.54, 1.807) is 18.2 Å². The van der Waals surface area contributed by atoms with Crippen LogP contribution in [0.5, 0.6) is 0 Å². The summed E-state index contributed by atoms with van der Waals surface area (Å²) in [6.07, 6.45) is 0. The molecule has 1 saturated heterocycles. The molecule has 1 spiro atoms. The Kier molecular flexibility index (Phi) is 2.47. The molecule has 22 heavy (non-hydrogen) atoms. The summed E-state index contributed by atoms with van der Waals surface area (Å²) in [5, 5.41) is 18.4. The van der Waals surface area contributed by atoms with E-state index < -0.39 is 27.6 Å². The molecule has 1 aliphatic carbocycles. The predicted molar refractivity (Wildman–Crippen MR) is 78.0 cm³/mol. The number of hydrogen-bond acceptors (Lipinski definition) is 6. The van der Waals surface area contributed by atoms with Crippen LogP contribution in [0, 0.1) is 39.3 Å². The van der Waals surface area contributed by atoms with Crippen LogP contribution < -0.4 is 5.73 Å². The molecule has 4 rings (SSSR count). The molecule has 7 heteroatoms. The van der Waals surface area contributed by atoms with Gasteiger partial charge < -0.3 is 10.5 Å². The summed E-state index contributed by atoms with van der Waals surface area (Å²) in [7, 11) is 0. The van der Waals surface area contributed by atoms with Gasteiger partial charge in [0.05, 0.1) is 18.7 Å². The number of nitrogens with zero attached hydrogens (tertiary/aromatic N) is 3. The number of halogens is 1. The van der Waals surface area contributed by atoms with Gasteiger partial charge in [-0.25, -0.2) is 9.38 Å². The number of ether oxygens (including phenoxy) is 1. The number of nitrogens with two attached hydrogens (primary N) is 1. The first-order valence-corrected chi connectivity index (χ1v) is 7.79. The minimum Gasteiger partial charge on any atom is -0.386 e. The smallest absolute Gasteiger partial charge is 0.230 e. The molecule has 110 valence electrons. The van der Waals surface area contributed by atoms with E-state index in [2.05, 4.69) is 17.1 Å². The largest absolute Gasteiger partial charge is 0.386 e. The number of amidine groups is 1. The molecule has 1 saturated carbocycles. The van der Waals surface area contributed by atoms with Gasteiger partial charge in [-0.05, 0) is 11.6 Å². The van der Waals surface area contributed by atoms with Crippen LogP contribution in [-0.2, 0) is 4.74 Å². The number of hydrogen-bond donors (Lipinski definition) is 1. The van der Waals surface area contributed by atoms with Crippen LogP contribution in [0.3, 0.4) is 0 Å². The van der Waals surface area contributed by atoms with Crippen LogP contribution in [0.25, 0.3) is 0 Å². The maximum Gasteiger partial charge on any atom is 0.230 e. The predicted octanol–water partition coefficient (Wildman–Crippen LogP) is 1.73. The van der Waals surface area contributed by atoms with E-state index in [4.69, 9.17) is 10.5 Å². The summed E-state index contributed by atoms with van der Waals surface area (Å²) in [6, 6.07) is 10.5. The molecule has 5 nitrogen and oxygen atoms in total. The molecule has 0 bridgehead atoms. The Balaban J connectivity index is 1.97. The second kappa shape index (κ2) is 4.01. The second-order valence-electron chi connectivity index (χ2n) is 5.57. The van der Waals surface area contributed by atoms with Crippen molar-refractivity contribution in [2.24, 2.45) is 21.6 Å². The van der Waals surface area contributed by atoms with Gasteiger partial charge in [-0.2, -0.15) is 10.5 Å². The summed E-state index contributed by atoms with van der Waals surface area (Å²) in [6.45, 7) is 0.427. The van der Waals surface area contributed by atoms with Crippen molar-refractivity contribution in [3.05, 3.63) is 35.6 Å². The molecule has 2 N–H and O–H groups in total. The standard InChI is InChI=1S/C15H11FN4OS/c16-10-4-2-1-3-9(10)11-13(7-17)12(19)20-15(14(11,13)8-18)21-5-6-22-15/h1-4,11H,5-6H2,(H2,19,20)/t11-,13-,14-,15-/m1/s1. The van der Waals surface area contributed by atoms with E-state index in [9.17, 15) is 14.9 Å². The highest BCUT2D eigenvalue weighted by Crippen LogP contribution is 2.84.